The van der Waals surface area contributed by atoms with Crippen LogP contribution < -0.4 is 10.6 Å². The van der Waals surface area contributed by atoms with Gasteiger partial charge in [0.15, 0.2) is 11.6 Å². The van der Waals surface area contributed by atoms with Crippen molar-refractivity contribution in [2.24, 2.45) is 29.1 Å². The standard InChI is InChI=1S/C28H42N2O5S/c1-15(2)11-21-25-18(5)17(4)13-20-12-16(3)7-8-22(32)23(33)14-24(36-10-9-29-19(6)31)26(34)28(20,25)27(35)30-21/h12-13,15,18,20-22,24-25,32H,7-11,14H2,1-6H3,(H,29,31)(H,30,35)/b16-12+/t18-,20+,21+,22-,24-,25+,28+/m1/s1. The zero-order valence-corrected chi connectivity index (χ0v) is 23.2. The van der Waals surface area contributed by atoms with Gasteiger partial charge in [-0.3, -0.25) is 19.2 Å². The molecule has 8 heteroatoms. The Balaban J connectivity index is 2.14. The third-order valence-electron chi connectivity index (χ3n) is 8.13. The van der Waals surface area contributed by atoms with Gasteiger partial charge in [-0.25, -0.2) is 0 Å². The molecule has 1 spiro atoms. The molecule has 3 rings (SSSR count). The summed E-state index contributed by atoms with van der Waals surface area (Å²) in [6.45, 7) is 12.2. The summed E-state index contributed by atoms with van der Waals surface area (Å²) in [5, 5.41) is 15.7. The molecule has 0 saturated carbocycles. The molecule has 0 bridgehead atoms. The molecule has 3 aliphatic rings. The zero-order chi connectivity index (χ0) is 26.8. The van der Waals surface area contributed by atoms with Crippen molar-refractivity contribution < 1.29 is 24.3 Å². The number of aliphatic hydroxyl groups is 1. The Kier molecular flexibility index (Phi) is 9.25. The molecule has 0 aromatic carbocycles. The highest BCUT2D eigenvalue weighted by Crippen LogP contribution is 2.56. The van der Waals surface area contributed by atoms with E-state index in [0.717, 1.165) is 12.0 Å². The molecule has 7 nitrogen and oxygen atoms in total. The van der Waals surface area contributed by atoms with Gasteiger partial charge in [0.1, 0.15) is 11.5 Å². The second kappa shape index (κ2) is 11.6. The third-order valence-corrected chi connectivity index (χ3v) is 9.35. The van der Waals surface area contributed by atoms with Crippen molar-refractivity contribution in [1.29, 1.82) is 0 Å². The van der Waals surface area contributed by atoms with E-state index in [-0.39, 0.29) is 47.7 Å². The van der Waals surface area contributed by atoms with Crippen LogP contribution in [0, 0.1) is 29.1 Å². The Bertz CT molecular complexity index is 958. The Morgan fingerprint density at radius 3 is 2.58 bits per heavy atom. The van der Waals surface area contributed by atoms with Gasteiger partial charge in [-0.1, -0.05) is 44.1 Å². The van der Waals surface area contributed by atoms with Crippen molar-refractivity contribution >= 4 is 35.1 Å². The molecule has 0 radical (unpaired) electrons. The average molecular weight is 519 g/mol. The molecule has 7 atom stereocenters. The minimum Gasteiger partial charge on any atom is -0.385 e. The molecule has 0 unspecified atom stereocenters. The summed E-state index contributed by atoms with van der Waals surface area (Å²) in [5.41, 5.74) is 0.831. The van der Waals surface area contributed by atoms with Crippen LogP contribution in [0.3, 0.4) is 0 Å². The lowest BCUT2D eigenvalue weighted by atomic mass is 9.54. The number of hydrogen-bond acceptors (Lipinski definition) is 6. The quantitative estimate of drug-likeness (QED) is 0.283. The number of ketones is 2. The van der Waals surface area contributed by atoms with E-state index in [2.05, 4.69) is 44.4 Å². The lowest BCUT2D eigenvalue weighted by Crippen LogP contribution is -2.55. The van der Waals surface area contributed by atoms with Crippen LogP contribution in [0.2, 0.25) is 0 Å². The van der Waals surface area contributed by atoms with Crippen molar-refractivity contribution in [2.45, 2.75) is 84.6 Å². The van der Waals surface area contributed by atoms with Gasteiger partial charge in [-0.05, 0) is 44.9 Å². The van der Waals surface area contributed by atoms with Crippen LogP contribution in [0.25, 0.3) is 0 Å². The summed E-state index contributed by atoms with van der Waals surface area (Å²) in [4.78, 5) is 53.0. The van der Waals surface area contributed by atoms with Crippen molar-refractivity contribution in [3.8, 4) is 0 Å². The van der Waals surface area contributed by atoms with Crippen LogP contribution in [0.5, 0.6) is 0 Å². The summed E-state index contributed by atoms with van der Waals surface area (Å²) in [6, 6.07) is -0.132. The fraction of sp³-hybridized carbons (Fsp3) is 0.714. The second-order valence-corrected chi connectivity index (χ2v) is 12.6. The molecule has 1 aliphatic heterocycles. The maximum absolute atomic E-state index is 14.6. The Labute approximate surface area is 219 Å². The number of thioether (sulfide) groups is 1. The summed E-state index contributed by atoms with van der Waals surface area (Å²) in [5.74, 6) is -0.832. The Hall–Kier alpha value is -1.93. The van der Waals surface area contributed by atoms with Crippen LogP contribution in [0.4, 0.5) is 0 Å². The SMILES string of the molecule is CC(=O)NCCS[C@@H]1CC(=O)[C@H](O)CC/C(C)=C/[C@H]2C=C(C)[C@@H](C)[C@H]3[C@H](CC(C)C)NC(=O)[C@]32C1=O. The number of nitrogens with one attached hydrogen (secondary N) is 2. The van der Waals surface area contributed by atoms with Crippen LogP contribution in [-0.4, -0.2) is 58.2 Å². The van der Waals surface area contributed by atoms with E-state index in [1.165, 1.54) is 24.3 Å². The fourth-order valence-corrected chi connectivity index (χ4v) is 7.43. The van der Waals surface area contributed by atoms with Crippen molar-refractivity contribution in [1.82, 2.24) is 10.6 Å². The van der Waals surface area contributed by atoms with Gasteiger partial charge < -0.3 is 15.7 Å². The molecule has 1 saturated heterocycles. The lowest BCUT2D eigenvalue weighted by Gasteiger charge is -2.46. The van der Waals surface area contributed by atoms with E-state index in [1.807, 2.05) is 13.0 Å². The van der Waals surface area contributed by atoms with E-state index in [4.69, 9.17) is 0 Å². The summed E-state index contributed by atoms with van der Waals surface area (Å²) in [6.07, 6.45) is 4.44. The van der Waals surface area contributed by atoms with Crippen LogP contribution in [-0.2, 0) is 19.2 Å². The van der Waals surface area contributed by atoms with E-state index < -0.39 is 22.7 Å². The average Bonchev–Trinajstić information content (AvgIpc) is 3.08. The minimum atomic E-state index is -1.30. The maximum atomic E-state index is 14.6. The van der Waals surface area contributed by atoms with Gasteiger partial charge in [0.05, 0.1) is 5.25 Å². The van der Waals surface area contributed by atoms with Gasteiger partial charge in [-0.2, -0.15) is 0 Å². The summed E-state index contributed by atoms with van der Waals surface area (Å²) < 4.78 is 0. The topological polar surface area (TPSA) is 113 Å². The van der Waals surface area contributed by atoms with Crippen molar-refractivity contribution in [3.05, 3.63) is 23.3 Å². The fourth-order valence-electron chi connectivity index (χ4n) is 6.30. The zero-order valence-electron chi connectivity index (χ0n) is 22.4. The van der Waals surface area contributed by atoms with Crippen LogP contribution >= 0.6 is 11.8 Å². The normalized spacial score (nSPS) is 36.7. The molecule has 3 N–H and O–H groups in total. The first kappa shape index (κ1) is 28.6. The van der Waals surface area contributed by atoms with Gasteiger partial charge in [0, 0.05) is 43.5 Å². The number of hydrogen-bond donors (Lipinski definition) is 3. The third kappa shape index (κ3) is 5.64. The molecule has 1 fully saturated rings. The van der Waals surface area contributed by atoms with Crippen molar-refractivity contribution in [3.63, 3.8) is 0 Å². The number of carbonyl (C=O) groups excluding carboxylic acids is 4. The maximum Gasteiger partial charge on any atom is 0.235 e. The number of Topliss-reactive ketones (excluding diaryl/α,β-unsaturated/α-hetero) is 2. The Morgan fingerprint density at radius 1 is 1.25 bits per heavy atom. The van der Waals surface area contributed by atoms with Gasteiger partial charge >= 0.3 is 0 Å². The van der Waals surface area contributed by atoms with Crippen LogP contribution in [0.15, 0.2) is 23.3 Å². The minimum absolute atomic E-state index is 0.0260. The molecule has 2 amide bonds. The number of rotatable bonds is 6. The number of aliphatic hydroxyl groups excluding tert-OH is 1. The smallest absolute Gasteiger partial charge is 0.235 e. The van der Waals surface area contributed by atoms with Crippen LogP contribution in [0.1, 0.15) is 67.2 Å². The number of carbonyl (C=O) groups is 4. The van der Waals surface area contributed by atoms with Gasteiger partial charge in [0.2, 0.25) is 11.8 Å². The highest BCUT2D eigenvalue weighted by molar-refractivity contribution is 8.00. The lowest BCUT2D eigenvalue weighted by molar-refractivity contribution is -0.146. The first-order chi connectivity index (χ1) is 16.9. The molecule has 0 aromatic heterocycles. The van der Waals surface area contributed by atoms with Crippen molar-refractivity contribution in [2.75, 3.05) is 12.3 Å². The largest absolute Gasteiger partial charge is 0.385 e. The van der Waals surface area contributed by atoms with E-state index in [0.29, 0.717) is 31.1 Å². The molecule has 0 aromatic rings. The first-order valence-corrected chi connectivity index (χ1v) is 14.2. The molecular weight excluding hydrogens is 476 g/mol. The predicted octanol–water partition coefficient (Wildman–Crippen LogP) is 3.21. The molecule has 36 heavy (non-hydrogen) atoms. The molecular formula is C28H42N2O5S. The monoisotopic (exact) mass is 518 g/mol. The summed E-state index contributed by atoms with van der Waals surface area (Å²) >= 11 is 1.30. The predicted molar refractivity (Wildman–Crippen MR) is 142 cm³/mol. The second-order valence-electron chi connectivity index (χ2n) is 11.3. The van der Waals surface area contributed by atoms with E-state index in [9.17, 15) is 24.3 Å². The van der Waals surface area contributed by atoms with E-state index in [1.54, 1.807) is 0 Å². The summed E-state index contributed by atoms with van der Waals surface area (Å²) in [7, 11) is 0. The van der Waals surface area contributed by atoms with Gasteiger partial charge in [0.25, 0.3) is 0 Å². The highest BCUT2D eigenvalue weighted by Gasteiger charge is 2.66. The Morgan fingerprint density at radius 2 is 1.94 bits per heavy atom. The number of allylic oxidation sites excluding steroid dienone is 4. The molecule has 1 heterocycles. The van der Waals surface area contributed by atoms with E-state index >= 15 is 0 Å². The molecule has 200 valence electrons. The number of amides is 2. The highest BCUT2D eigenvalue weighted by atomic mass is 32.2. The first-order valence-electron chi connectivity index (χ1n) is 13.2. The molecule has 2 aliphatic carbocycles. The van der Waals surface area contributed by atoms with Gasteiger partial charge in [-0.15, -0.1) is 11.8 Å².